The molecule has 0 saturated carbocycles. The Morgan fingerprint density at radius 1 is 1.17 bits per heavy atom. The van der Waals surface area contributed by atoms with Gasteiger partial charge in [0.1, 0.15) is 11.5 Å². The first kappa shape index (κ1) is 21.8. The molecule has 0 aliphatic carbocycles. The van der Waals surface area contributed by atoms with E-state index in [1.165, 1.54) is 0 Å². The lowest BCUT2D eigenvalue weighted by molar-refractivity contribution is 0.187. The summed E-state index contributed by atoms with van der Waals surface area (Å²) in [5, 5.41) is 17.3. The summed E-state index contributed by atoms with van der Waals surface area (Å²) in [7, 11) is 3.33. The zero-order valence-electron chi connectivity index (χ0n) is 18.0. The average molecular weight is 413 g/mol. The van der Waals surface area contributed by atoms with Crippen LogP contribution in [-0.4, -0.2) is 57.5 Å². The van der Waals surface area contributed by atoms with Crippen LogP contribution in [-0.2, 0) is 0 Å². The minimum atomic E-state index is -0.667. The molecule has 7 nitrogen and oxygen atoms in total. The van der Waals surface area contributed by atoms with Gasteiger partial charge in [0, 0.05) is 25.7 Å². The summed E-state index contributed by atoms with van der Waals surface area (Å²) >= 11 is 0. The highest BCUT2D eigenvalue weighted by molar-refractivity contribution is 5.80. The number of ether oxygens (including phenoxy) is 2. The van der Waals surface area contributed by atoms with E-state index < -0.39 is 6.10 Å². The first-order chi connectivity index (χ1) is 14.6. The average Bonchev–Trinajstić information content (AvgIpc) is 3.25. The van der Waals surface area contributed by atoms with Crippen LogP contribution in [0, 0.1) is 0 Å². The predicted octanol–water partition coefficient (Wildman–Crippen LogP) is 2.57. The zero-order valence-corrected chi connectivity index (χ0v) is 18.0. The number of nitrogens with zero attached hydrogens (tertiary/aromatic N) is 2. The van der Waals surface area contributed by atoms with E-state index in [0.717, 1.165) is 54.8 Å². The number of guanidine groups is 1. The summed E-state index contributed by atoms with van der Waals surface area (Å²) in [6, 6.07) is 15.8. The molecule has 7 heteroatoms. The minimum Gasteiger partial charge on any atom is -0.497 e. The third-order valence-electron chi connectivity index (χ3n) is 5.22. The van der Waals surface area contributed by atoms with Crippen LogP contribution in [0.5, 0.6) is 11.5 Å². The predicted molar refractivity (Wildman–Crippen MR) is 121 cm³/mol. The number of aliphatic imine (C=N–C) groups is 1. The fourth-order valence-electron chi connectivity index (χ4n) is 3.61. The van der Waals surface area contributed by atoms with Crippen LogP contribution in [0.4, 0.5) is 5.69 Å². The van der Waals surface area contributed by atoms with E-state index in [2.05, 4.69) is 26.6 Å². The van der Waals surface area contributed by atoms with Crippen LogP contribution < -0.4 is 25.0 Å². The number of aliphatic hydroxyl groups excluding tert-OH is 1. The minimum absolute atomic E-state index is 0.269. The standard InChI is InChI=1S/C23H32N4O3/c1-4-24-23(25-15-21(28)17-9-11-19(29-2)12-10-17)26-18-13-14-27(16-18)20-7-5-6-8-22(20)30-3/h5-12,18,21,28H,4,13-16H2,1-3H3,(H2,24,25,26). The van der Waals surface area contributed by atoms with E-state index >= 15 is 0 Å². The lowest BCUT2D eigenvalue weighted by Crippen LogP contribution is -2.44. The first-order valence-electron chi connectivity index (χ1n) is 10.4. The van der Waals surface area contributed by atoms with Gasteiger partial charge < -0.3 is 30.1 Å². The van der Waals surface area contributed by atoms with Gasteiger partial charge in [0.15, 0.2) is 5.96 Å². The fraction of sp³-hybridized carbons (Fsp3) is 0.435. The molecular formula is C23H32N4O3. The maximum absolute atomic E-state index is 10.5. The second kappa shape index (κ2) is 10.7. The van der Waals surface area contributed by atoms with E-state index in [9.17, 15) is 5.11 Å². The maximum Gasteiger partial charge on any atom is 0.191 e. The maximum atomic E-state index is 10.5. The van der Waals surface area contributed by atoms with Gasteiger partial charge in [-0.15, -0.1) is 0 Å². The van der Waals surface area contributed by atoms with Crippen molar-refractivity contribution in [3.05, 3.63) is 54.1 Å². The lowest BCUT2D eigenvalue weighted by Gasteiger charge is -2.22. The van der Waals surface area contributed by atoms with Crippen LogP contribution in [0.2, 0.25) is 0 Å². The molecule has 2 unspecified atom stereocenters. The van der Waals surface area contributed by atoms with Crippen LogP contribution in [0.3, 0.4) is 0 Å². The molecule has 1 heterocycles. The Bertz CT molecular complexity index is 825. The Morgan fingerprint density at radius 2 is 1.93 bits per heavy atom. The number of hydrogen-bond acceptors (Lipinski definition) is 5. The zero-order chi connectivity index (χ0) is 21.3. The van der Waals surface area contributed by atoms with Crippen molar-refractivity contribution in [1.29, 1.82) is 0 Å². The summed E-state index contributed by atoms with van der Waals surface area (Å²) in [5.74, 6) is 2.38. The van der Waals surface area contributed by atoms with Gasteiger partial charge in [-0.2, -0.15) is 0 Å². The number of anilines is 1. The van der Waals surface area contributed by atoms with E-state index in [0.29, 0.717) is 0 Å². The normalized spacial score (nSPS) is 17.5. The molecule has 2 atom stereocenters. The topological polar surface area (TPSA) is 78.4 Å². The van der Waals surface area contributed by atoms with Crippen molar-refractivity contribution >= 4 is 11.6 Å². The van der Waals surface area contributed by atoms with Gasteiger partial charge in [-0.1, -0.05) is 24.3 Å². The number of aliphatic hydroxyl groups is 1. The quantitative estimate of drug-likeness (QED) is 0.457. The molecule has 0 amide bonds. The summed E-state index contributed by atoms with van der Waals surface area (Å²) < 4.78 is 10.7. The van der Waals surface area contributed by atoms with Gasteiger partial charge in [0.05, 0.1) is 32.6 Å². The van der Waals surface area contributed by atoms with Crippen LogP contribution >= 0.6 is 0 Å². The van der Waals surface area contributed by atoms with E-state index in [1.807, 2.05) is 49.4 Å². The van der Waals surface area contributed by atoms with Crippen LogP contribution in [0.1, 0.15) is 25.0 Å². The van der Waals surface area contributed by atoms with Crippen molar-refractivity contribution in [2.24, 2.45) is 4.99 Å². The van der Waals surface area contributed by atoms with Crippen molar-refractivity contribution in [2.45, 2.75) is 25.5 Å². The second-order valence-corrected chi connectivity index (χ2v) is 7.26. The smallest absolute Gasteiger partial charge is 0.191 e. The summed E-state index contributed by atoms with van der Waals surface area (Å²) in [6.45, 7) is 4.89. The number of methoxy groups -OCH3 is 2. The molecular weight excluding hydrogens is 380 g/mol. The Balaban J connectivity index is 1.59. The molecule has 0 radical (unpaired) electrons. The number of benzene rings is 2. The summed E-state index contributed by atoms with van der Waals surface area (Å²) in [6.07, 6.45) is 0.337. The molecule has 3 rings (SSSR count). The van der Waals surface area contributed by atoms with Crippen molar-refractivity contribution < 1.29 is 14.6 Å². The molecule has 162 valence electrons. The van der Waals surface area contributed by atoms with Crippen molar-refractivity contribution in [3.8, 4) is 11.5 Å². The van der Waals surface area contributed by atoms with Crippen molar-refractivity contribution in [3.63, 3.8) is 0 Å². The molecule has 0 aromatic heterocycles. The summed E-state index contributed by atoms with van der Waals surface area (Å²) in [4.78, 5) is 6.92. The van der Waals surface area contributed by atoms with Crippen LogP contribution in [0.25, 0.3) is 0 Å². The number of nitrogens with one attached hydrogen (secondary N) is 2. The molecule has 2 aromatic rings. The Morgan fingerprint density at radius 3 is 2.63 bits per heavy atom. The molecule has 1 fully saturated rings. The monoisotopic (exact) mass is 412 g/mol. The van der Waals surface area contributed by atoms with Gasteiger partial charge in [-0.05, 0) is 43.2 Å². The number of rotatable bonds is 8. The molecule has 0 bridgehead atoms. The molecule has 1 aliphatic heterocycles. The van der Waals surface area contributed by atoms with Gasteiger partial charge >= 0.3 is 0 Å². The van der Waals surface area contributed by atoms with E-state index in [4.69, 9.17) is 9.47 Å². The molecule has 1 aliphatic rings. The number of para-hydroxylation sites is 2. The summed E-state index contributed by atoms with van der Waals surface area (Å²) in [5.41, 5.74) is 1.93. The highest BCUT2D eigenvalue weighted by Gasteiger charge is 2.25. The largest absolute Gasteiger partial charge is 0.497 e. The highest BCUT2D eigenvalue weighted by atomic mass is 16.5. The van der Waals surface area contributed by atoms with Gasteiger partial charge in [-0.25, -0.2) is 0 Å². The van der Waals surface area contributed by atoms with Gasteiger partial charge in [0.2, 0.25) is 0 Å². The van der Waals surface area contributed by atoms with Crippen LogP contribution in [0.15, 0.2) is 53.5 Å². The fourth-order valence-corrected chi connectivity index (χ4v) is 3.61. The molecule has 3 N–H and O–H groups in total. The SMILES string of the molecule is CCNC(=NCC(O)c1ccc(OC)cc1)NC1CCN(c2ccccc2OC)C1. The molecule has 0 spiro atoms. The Kier molecular flexibility index (Phi) is 7.79. The molecule has 2 aromatic carbocycles. The third kappa shape index (κ3) is 5.57. The Hall–Kier alpha value is -2.93. The highest BCUT2D eigenvalue weighted by Crippen LogP contribution is 2.30. The molecule has 1 saturated heterocycles. The Labute approximate surface area is 178 Å². The van der Waals surface area contributed by atoms with E-state index in [-0.39, 0.29) is 12.6 Å². The second-order valence-electron chi connectivity index (χ2n) is 7.26. The van der Waals surface area contributed by atoms with Crippen molar-refractivity contribution in [2.75, 3.05) is 45.3 Å². The third-order valence-corrected chi connectivity index (χ3v) is 5.22. The first-order valence-corrected chi connectivity index (χ1v) is 10.4. The van der Waals surface area contributed by atoms with Crippen molar-refractivity contribution in [1.82, 2.24) is 10.6 Å². The number of hydrogen-bond donors (Lipinski definition) is 3. The van der Waals surface area contributed by atoms with Gasteiger partial charge in [-0.3, -0.25) is 4.99 Å². The van der Waals surface area contributed by atoms with E-state index in [1.54, 1.807) is 14.2 Å². The lowest BCUT2D eigenvalue weighted by atomic mass is 10.1. The molecule has 30 heavy (non-hydrogen) atoms. The van der Waals surface area contributed by atoms with Gasteiger partial charge in [0.25, 0.3) is 0 Å².